The molecule has 8 heteroatoms. The van der Waals surface area contributed by atoms with E-state index in [0.29, 0.717) is 6.54 Å². The molecule has 1 saturated heterocycles. The first kappa shape index (κ1) is 25.2. The topological polar surface area (TPSA) is 64.6 Å². The van der Waals surface area contributed by atoms with Crippen LogP contribution in [0.4, 0.5) is 11.5 Å². The molecule has 0 radical (unpaired) electrons. The van der Waals surface area contributed by atoms with Gasteiger partial charge in [-0.2, -0.15) is 0 Å². The Labute approximate surface area is 222 Å². The third-order valence-electron chi connectivity index (χ3n) is 6.79. The molecule has 1 fully saturated rings. The van der Waals surface area contributed by atoms with Gasteiger partial charge >= 0.3 is 0 Å². The summed E-state index contributed by atoms with van der Waals surface area (Å²) in [5, 5.41) is 4.62. The number of hydrogen-bond donors (Lipinski definition) is 1. The quantitative estimate of drug-likeness (QED) is 0.367. The second-order valence-electron chi connectivity index (χ2n) is 10.0. The number of thiophene rings is 1. The van der Waals surface area contributed by atoms with Crippen LogP contribution in [0.25, 0.3) is 21.3 Å². The van der Waals surface area contributed by atoms with Crippen LogP contribution in [0.2, 0.25) is 0 Å². The molecule has 0 spiro atoms. The molecule has 1 atom stereocenters. The second kappa shape index (κ2) is 10.5. The third-order valence-corrected chi connectivity index (χ3v) is 8.09. The number of likely N-dealkylation sites (N-methyl/N-ethyl adjacent to an activating group) is 1. The van der Waals surface area contributed by atoms with E-state index in [1.807, 2.05) is 31.4 Å². The summed E-state index contributed by atoms with van der Waals surface area (Å²) < 4.78 is 0. The summed E-state index contributed by atoms with van der Waals surface area (Å²) >= 11 is 1.82. The Morgan fingerprint density at radius 3 is 2.68 bits per heavy atom. The van der Waals surface area contributed by atoms with Crippen molar-refractivity contribution in [2.24, 2.45) is 0 Å². The molecule has 5 rings (SSSR count). The minimum atomic E-state index is 0.0751. The van der Waals surface area contributed by atoms with Gasteiger partial charge in [0.2, 0.25) is 5.91 Å². The van der Waals surface area contributed by atoms with Crippen molar-refractivity contribution < 1.29 is 4.79 Å². The zero-order valence-corrected chi connectivity index (χ0v) is 23.0. The van der Waals surface area contributed by atoms with Gasteiger partial charge in [0.25, 0.3) is 0 Å². The maximum absolute atomic E-state index is 12.3. The average molecular weight is 515 g/mol. The summed E-state index contributed by atoms with van der Waals surface area (Å²) in [6.07, 6.45) is 0. The van der Waals surface area contributed by atoms with Gasteiger partial charge in [0, 0.05) is 47.5 Å². The van der Waals surface area contributed by atoms with Crippen molar-refractivity contribution in [2.45, 2.75) is 26.4 Å². The van der Waals surface area contributed by atoms with Crippen LogP contribution >= 0.6 is 11.3 Å². The van der Waals surface area contributed by atoms with E-state index in [2.05, 4.69) is 89.7 Å². The molecule has 4 aromatic rings. The number of fused-ring (bicyclic) bond motifs is 1. The molecule has 1 N–H and O–H groups in total. The molecular weight excluding hydrogens is 480 g/mol. The molecule has 2 aromatic carbocycles. The Morgan fingerprint density at radius 2 is 1.89 bits per heavy atom. The molecule has 3 heterocycles. The van der Waals surface area contributed by atoms with Crippen molar-refractivity contribution in [3.05, 3.63) is 70.9 Å². The maximum atomic E-state index is 12.3. The highest BCUT2D eigenvalue weighted by molar-refractivity contribution is 7.15. The lowest BCUT2D eigenvalue weighted by Gasteiger charge is -2.33. The lowest BCUT2D eigenvalue weighted by Crippen LogP contribution is -2.48. The fourth-order valence-corrected chi connectivity index (χ4v) is 5.83. The van der Waals surface area contributed by atoms with E-state index in [4.69, 9.17) is 4.98 Å². The Balaban J connectivity index is 1.42. The number of aryl methyl sites for hydroxylation is 1. The number of carbonyl (C=O) groups is 1. The molecule has 2 aromatic heterocycles. The van der Waals surface area contributed by atoms with Crippen LogP contribution in [0.5, 0.6) is 0 Å². The number of aromatic nitrogens is 2. The zero-order valence-electron chi connectivity index (χ0n) is 22.2. The molecule has 192 valence electrons. The van der Waals surface area contributed by atoms with E-state index in [-0.39, 0.29) is 11.9 Å². The van der Waals surface area contributed by atoms with Crippen molar-refractivity contribution in [2.75, 3.05) is 51.0 Å². The number of carbonyl (C=O) groups excluding carboxylic acids is 1. The number of amides is 1. The summed E-state index contributed by atoms with van der Waals surface area (Å²) in [6.45, 7) is 6.93. The van der Waals surface area contributed by atoms with Gasteiger partial charge in [-0.25, -0.2) is 9.97 Å². The first-order valence-corrected chi connectivity index (χ1v) is 13.5. The van der Waals surface area contributed by atoms with Crippen molar-refractivity contribution in [3.8, 4) is 10.4 Å². The number of piperazine rings is 1. The Bertz CT molecular complexity index is 1430. The van der Waals surface area contributed by atoms with Crippen molar-refractivity contribution in [3.63, 3.8) is 0 Å². The number of nitrogens with one attached hydrogen (secondary N) is 1. The molecule has 1 aliphatic rings. The van der Waals surface area contributed by atoms with Crippen LogP contribution in [0.15, 0.2) is 54.6 Å². The molecule has 0 aliphatic carbocycles. The van der Waals surface area contributed by atoms with E-state index >= 15 is 0 Å². The van der Waals surface area contributed by atoms with Gasteiger partial charge in [0.1, 0.15) is 11.6 Å². The van der Waals surface area contributed by atoms with E-state index in [1.165, 1.54) is 20.9 Å². The monoisotopic (exact) mass is 514 g/mol. The van der Waals surface area contributed by atoms with E-state index in [9.17, 15) is 4.79 Å². The molecule has 0 bridgehead atoms. The van der Waals surface area contributed by atoms with Crippen LogP contribution in [0.3, 0.4) is 0 Å². The predicted octanol–water partition coefficient (Wildman–Crippen LogP) is 5.18. The van der Waals surface area contributed by atoms with Crippen LogP contribution in [0.1, 0.15) is 29.2 Å². The highest BCUT2D eigenvalue weighted by Gasteiger charge is 2.22. The van der Waals surface area contributed by atoms with Crippen molar-refractivity contribution >= 4 is 39.7 Å². The molecule has 0 saturated carbocycles. The normalized spacial score (nSPS) is 15.0. The van der Waals surface area contributed by atoms with Gasteiger partial charge in [-0.15, -0.1) is 11.3 Å². The lowest BCUT2D eigenvalue weighted by molar-refractivity contribution is -0.129. The minimum absolute atomic E-state index is 0.0751. The Hall–Kier alpha value is -3.49. The summed E-state index contributed by atoms with van der Waals surface area (Å²) in [7, 11) is 6.06. The lowest BCUT2D eigenvalue weighted by atomic mass is 10.1. The SMILES string of the molecule is Cc1nc(NC(C)c2ccc(-c3ccccc3CN(C)C)s2)c2cc(N3CCN(C)C(=O)C3)ccc2n1. The largest absolute Gasteiger partial charge is 0.362 e. The fraction of sp³-hybridized carbons (Fsp3) is 0.345. The van der Waals surface area contributed by atoms with Crippen LogP contribution < -0.4 is 10.2 Å². The van der Waals surface area contributed by atoms with Gasteiger partial charge in [-0.1, -0.05) is 24.3 Å². The number of nitrogens with zero attached hydrogens (tertiary/aromatic N) is 5. The van der Waals surface area contributed by atoms with Crippen LogP contribution in [-0.2, 0) is 11.3 Å². The Kier molecular flexibility index (Phi) is 7.13. The molecule has 7 nitrogen and oxygen atoms in total. The van der Waals surface area contributed by atoms with Gasteiger partial charge in [0.15, 0.2) is 0 Å². The van der Waals surface area contributed by atoms with Crippen molar-refractivity contribution in [1.82, 2.24) is 19.8 Å². The standard InChI is InChI=1S/C29H34N6OS/c1-19(26-12-13-27(37-26)23-9-7-6-8-21(23)17-33(3)4)30-29-24-16-22(10-11-25(24)31-20(2)32-29)35-15-14-34(5)28(36)18-35/h6-13,16,19H,14-15,17-18H2,1-5H3,(H,30,31,32). The number of hydrogen-bond acceptors (Lipinski definition) is 7. The molecule has 1 amide bonds. The fourth-order valence-electron chi connectivity index (χ4n) is 4.76. The number of benzene rings is 2. The van der Waals surface area contributed by atoms with Gasteiger partial charge < -0.3 is 20.0 Å². The highest BCUT2D eigenvalue weighted by atomic mass is 32.1. The summed E-state index contributed by atoms with van der Waals surface area (Å²) in [5.74, 6) is 1.69. The zero-order chi connectivity index (χ0) is 26.1. The first-order chi connectivity index (χ1) is 17.8. The van der Waals surface area contributed by atoms with Gasteiger partial charge in [-0.3, -0.25) is 4.79 Å². The molecule has 1 aliphatic heterocycles. The third kappa shape index (κ3) is 5.45. The van der Waals surface area contributed by atoms with E-state index < -0.39 is 0 Å². The summed E-state index contributed by atoms with van der Waals surface area (Å²) in [6, 6.07) is 19.3. The molecular formula is C29H34N6OS. The number of anilines is 2. The molecule has 37 heavy (non-hydrogen) atoms. The van der Waals surface area contributed by atoms with Crippen LogP contribution in [0, 0.1) is 6.92 Å². The summed E-state index contributed by atoms with van der Waals surface area (Å²) in [5.41, 5.74) is 4.53. The van der Waals surface area contributed by atoms with Crippen molar-refractivity contribution in [1.29, 1.82) is 0 Å². The Morgan fingerprint density at radius 1 is 1.08 bits per heavy atom. The maximum Gasteiger partial charge on any atom is 0.241 e. The number of rotatable bonds is 7. The van der Waals surface area contributed by atoms with Crippen LogP contribution in [-0.4, -0.2) is 66.5 Å². The van der Waals surface area contributed by atoms with Gasteiger partial charge in [0.05, 0.1) is 18.1 Å². The molecule has 1 unspecified atom stereocenters. The minimum Gasteiger partial charge on any atom is -0.362 e. The first-order valence-electron chi connectivity index (χ1n) is 12.6. The highest BCUT2D eigenvalue weighted by Crippen LogP contribution is 2.36. The van der Waals surface area contributed by atoms with E-state index in [1.54, 1.807) is 4.90 Å². The second-order valence-corrected chi connectivity index (χ2v) is 11.1. The smallest absolute Gasteiger partial charge is 0.241 e. The average Bonchev–Trinajstić information content (AvgIpc) is 3.36. The van der Waals surface area contributed by atoms with Gasteiger partial charge in [-0.05, 0) is 69.4 Å². The summed E-state index contributed by atoms with van der Waals surface area (Å²) in [4.78, 5) is 30.4. The van der Waals surface area contributed by atoms with E-state index in [0.717, 1.165) is 47.9 Å². The predicted molar refractivity (Wildman–Crippen MR) is 153 cm³/mol.